The van der Waals surface area contributed by atoms with Crippen LogP contribution in [0.4, 0.5) is 10.8 Å². The Morgan fingerprint density at radius 3 is 2.55 bits per heavy atom. The minimum atomic E-state index is -1.01. The van der Waals surface area contributed by atoms with Crippen molar-refractivity contribution in [2.75, 3.05) is 11.1 Å². The summed E-state index contributed by atoms with van der Waals surface area (Å²) in [6.07, 6.45) is 2.51. The zero-order chi connectivity index (χ0) is 14.5. The Balaban J connectivity index is 2.03. The maximum absolute atomic E-state index is 11.8. The lowest BCUT2D eigenvalue weighted by atomic mass is 10.2. The van der Waals surface area contributed by atoms with Gasteiger partial charge in [-0.2, -0.15) is 0 Å². The van der Waals surface area contributed by atoms with Crippen molar-refractivity contribution in [1.29, 1.82) is 0 Å². The fraction of sp³-hybridized carbons (Fsp3) is 0. The number of rotatable bonds is 4. The summed E-state index contributed by atoms with van der Waals surface area (Å²) in [4.78, 5) is 26.1. The number of hydrogen-bond acceptors (Lipinski definition) is 5. The first kappa shape index (κ1) is 13.8. The third-order valence-corrected chi connectivity index (χ3v) is 3.02. The average Bonchev–Trinajstić information content (AvgIpc) is 2.85. The normalized spacial score (nSPS) is 10.6. The van der Waals surface area contributed by atoms with E-state index in [4.69, 9.17) is 10.8 Å². The van der Waals surface area contributed by atoms with E-state index in [2.05, 4.69) is 10.3 Å². The molecule has 1 heterocycles. The Labute approximate surface area is 118 Å². The number of carboxylic acids is 1. The minimum absolute atomic E-state index is 0.266. The second-order valence-corrected chi connectivity index (χ2v) is 4.71. The van der Waals surface area contributed by atoms with E-state index in [1.807, 2.05) is 0 Å². The predicted octanol–water partition coefficient (Wildman–Crippen LogP) is 2.08. The number of benzene rings is 1. The molecule has 4 N–H and O–H groups in total. The van der Waals surface area contributed by atoms with Crippen LogP contribution in [0.25, 0.3) is 6.08 Å². The van der Waals surface area contributed by atoms with Crippen molar-refractivity contribution in [1.82, 2.24) is 4.98 Å². The molecule has 2 rings (SSSR count). The van der Waals surface area contributed by atoms with E-state index in [0.29, 0.717) is 10.8 Å². The molecule has 0 atom stereocenters. The molecule has 1 aromatic carbocycles. The molecule has 0 saturated carbocycles. The lowest BCUT2D eigenvalue weighted by Crippen LogP contribution is -2.12. The van der Waals surface area contributed by atoms with Crippen molar-refractivity contribution in [2.45, 2.75) is 0 Å². The molecular weight excluding hydrogens is 278 g/mol. The van der Waals surface area contributed by atoms with E-state index >= 15 is 0 Å². The Morgan fingerprint density at radius 1 is 1.30 bits per heavy atom. The molecule has 7 heteroatoms. The van der Waals surface area contributed by atoms with Crippen LogP contribution in [0.1, 0.15) is 16.1 Å². The van der Waals surface area contributed by atoms with Gasteiger partial charge >= 0.3 is 5.97 Å². The van der Waals surface area contributed by atoms with E-state index in [1.165, 1.54) is 17.4 Å². The van der Waals surface area contributed by atoms with E-state index in [0.717, 1.165) is 11.6 Å². The number of carbonyl (C=O) groups is 2. The first-order valence-electron chi connectivity index (χ1n) is 5.58. The van der Waals surface area contributed by atoms with Gasteiger partial charge in [0.05, 0.1) is 0 Å². The lowest BCUT2D eigenvalue weighted by molar-refractivity contribution is -0.131. The smallest absolute Gasteiger partial charge is 0.328 e. The first-order chi connectivity index (χ1) is 9.54. The zero-order valence-corrected chi connectivity index (χ0v) is 11.1. The van der Waals surface area contributed by atoms with Crippen molar-refractivity contribution in [3.8, 4) is 0 Å². The number of anilines is 2. The van der Waals surface area contributed by atoms with Gasteiger partial charge in [0.2, 0.25) is 0 Å². The molecule has 2 aromatic rings. The molecular formula is C13H11N3O3S. The standard InChI is InChI=1S/C13H11N3O3S/c14-13-16-10(7-20-13)12(19)15-9-4-1-8(2-5-9)3-6-11(17)18/h1-7H,(H2,14,16)(H,15,19)(H,17,18)/b6-3+. The number of hydrogen-bond donors (Lipinski definition) is 3. The maximum Gasteiger partial charge on any atom is 0.328 e. The van der Waals surface area contributed by atoms with Crippen LogP contribution >= 0.6 is 11.3 Å². The average molecular weight is 289 g/mol. The van der Waals surface area contributed by atoms with E-state index in [-0.39, 0.29) is 11.6 Å². The lowest BCUT2D eigenvalue weighted by Gasteiger charge is -2.03. The Morgan fingerprint density at radius 2 is 2.00 bits per heavy atom. The molecule has 6 nitrogen and oxygen atoms in total. The monoisotopic (exact) mass is 289 g/mol. The molecule has 0 saturated heterocycles. The topological polar surface area (TPSA) is 105 Å². The molecule has 0 radical (unpaired) electrons. The van der Waals surface area contributed by atoms with Crippen molar-refractivity contribution in [3.05, 3.63) is 47.0 Å². The summed E-state index contributed by atoms with van der Waals surface area (Å²) in [5, 5.41) is 13.1. The summed E-state index contributed by atoms with van der Waals surface area (Å²) in [5.74, 6) is -1.35. The summed E-state index contributed by atoms with van der Waals surface area (Å²) in [5.41, 5.74) is 7.04. The molecule has 0 bridgehead atoms. The van der Waals surface area contributed by atoms with Crippen LogP contribution in [0.3, 0.4) is 0 Å². The van der Waals surface area contributed by atoms with Crippen LogP contribution in [0, 0.1) is 0 Å². The summed E-state index contributed by atoms with van der Waals surface area (Å²) in [7, 11) is 0. The molecule has 0 aliphatic carbocycles. The van der Waals surface area contributed by atoms with Gasteiger partial charge in [-0.05, 0) is 23.8 Å². The second-order valence-electron chi connectivity index (χ2n) is 3.82. The van der Waals surface area contributed by atoms with Crippen LogP contribution in [0.2, 0.25) is 0 Å². The van der Waals surface area contributed by atoms with Gasteiger partial charge in [-0.3, -0.25) is 4.79 Å². The van der Waals surface area contributed by atoms with Crippen molar-refractivity contribution >= 4 is 40.1 Å². The van der Waals surface area contributed by atoms with E-state index < -0.39 is 5.97 Å². The van der Waals surface area contributed by atoms with Gasteiger partial charge in [-0.15, -0.1) is 11.3 Å². The van der Waals surface area contributed by atoms with Crippen molar-refractivity contribution < 1.29 is 14.7 Å². The fourth-order valence-electron chi connectivity index (χ4n) is 1.43. The quantitative estimate of drug-likeness (QED) is 0.747. The maximum atomic E-state index is 11.8. The number of aliphatic carboxylic acids is 1. The number of carbonyl (C=O) groups excluding carboxylic acids is 1. The summed E-state index contributed by atoms with van der Waals surface area (Å²) in [6, 6.07) is 6.75. The Kier molecular flexibility index (Phi) is 4.11. The van der Waals surface area contributed by atoms with Gasteiger partial charge in [0.1, 0.15) is 5.69 Å². The number of carboxylic acid groups (broad SMARTS) is 1. The Bertz CT molecular complexity index is 662. The third kappa shape index (κ3) is 3.66. The van der Waals surface area contributed by atoms with Gasteiger partial charge in [0.25, 0.3) is 5.91 Å². The zero-order valence-electron chi connectivity index (χ0n) is 10.2. The van der Waals surface area contributed by atoms with E-state index in [9.17, 15) is 9.59 Å². The van der Waals surface area contributed by atoms with Gasteiger partial charge in [-0.1, -0.05) is 12.1 Å². The minimum Gasteiger partial charge on any atom is -0.478 e. The highest BCUT2D eigenvalue weighted by atomic mass is 32.1. The SMILES string of the molecule is Nc1nc(C(=O)Nc2ccc(/C=C/C(=O)O)cc2)cs1. The number of thiazole rings is 1. The molecule has 0 spiro atoms. The number of aromatic nitrogens is 1. The third-order valence-electron chi connectivity index (χ3n) is 2.34. The summed E-state index contributed by atoms with van der Waals surface area (Å²) >= 11 is 1.20. The number of nitrogen functional groups attached to an aromatic ring is 1. The Hall–Kier alpha value is -2.67. The largest absolute Gasteiger partial charge is 0.478 e. The van der Waals surface area contributed by atoms with Crippen molar-refractivity contribution in [3.63, 3.8) is 0 Å². The fourth-order valence-corrected chi connectivity index (χ4v) is 1.98. The highest BCUT2D eigenvalue weighted by Crippen LogP contribution is 2.15. The highest BCUT2D eigenvalue weighted by Gasteiger charge is 2.09. The molecule has 0 fully saturated rings. The van der Waals surface area contributed by atoms with Gasteiger partial charge in [0, 0.05) is 17.1 Å². The predicted molar refractivity (Wildman–Crippen MR) is 77.6 cm³/mol. The molecule has 1 amide bonds. The van der Waals surface area contributed by atoms with Crippen LogP contribution in [0.15, 0.2) is 35.7 Å². The number of nitrogens with two attached hydrogens (primary N) is 1. The highest BCUT2D eigenvalue weighted by molar-refractivity contribution is 7.13. The number of nitrogens with zero attached hydrogens (tertiary/aromatic N) is 1. The molecule has 1 aromatic heterocycles. The van der Waals surface area contributed by atoms with Crippen LogP contribution < -0.4 is 11.1 Å². The molecule has 0 aliphatic rings. The van der Waals surface area contributed by atoms with E-state index in [1.54, 1.807) is 29.6 Å². The van der Waals surface area contributed by atoms with Crippen LogP contribution in [-0.4, -0.2) is 22.0 Å². The van der Waals surface area contributed by atoms with Crippen LogP contribution in [0.5, 0.6) is 0 Å². The number of nitrogens with one attached hydrogen (secondary N) is 1. The first-order valence-corrected chi connectivity index (χ1v) is 6.46. The molecule has 0 aliphatic heterocycles. The van der Waals surface area contributed by atoms with Gasteiger partial charge in [-0.25, -0.2) is 9.78 Å². The summed E-state index contributed by atoms with van der Waals surface area (Å²) in [6.45, 7) is 0. The molecule has 20 heavy (non-hydrogen) atoms. The summed E-state index contributed by atoms with van der Waals surface area (Å²) < 4.78 is 0. The van der Waals surface area contributed by atoms with Gasteiger partial charge < -0.3 is 16.2 Å². The second kappa shape index (κ2) is 5.98. The number of amides is 1. The van der Waals surface area contributed by atoms with Crippen molar-refractivity contribution in [2.24, 2.45) is 0 Å². The van der Waals surface area contributed by atoms with Crippen LogP contribution in [-0.2, 0) is 4.79 Å². The molecule has 0 unspecified atom stereocenters. The van der Waals surface area contributed by atoms with Gasteiger partial charge in [0.15, 0.2) is 5.13 Å². The molecule has 102 valence electrons.